The first-order valence-corrected chi connectivity index (χ1v) is 6.85. The van der Waals surface area contributed by atoms with E-state index in [2.05, 4.69) is 32.6 Å². The molecule has 0 aromatic heterocycles. The van der Waals surface area contributed by atoms with Crippen LogP contribution in [0.15, 0.2) is 24.3 Å². The number of rotatable bonds is 7. The van der Waals surface area contributed by atoms with Crippen molar-refractivity contribution in [1.29, 1.82) is 0 Å². The number of hydrogen-bond donors (Lipinski definition) is 0. The third kappa shape index (κ3) is 5.03. The van der Waals surface area contributed by atoms with Gasteiger partial charge in [0.2, 0.25) is 0 Å². The van der Waals surface area contributed by atoms with Crippen LogP contribution >= 0.6 is 0 Å². The van der Waals surface area contributed by atoms with Crippen molar-refractivity contribution in [2.45, 2.75) is 33.7 Å². The number of ketones is 1. The fraction of sp³-hybridized carbons (Fsp3) is 0.562. The molecule has 0 aliphatic heterocycles. The monoisotopic (exact) mass is 263 g/mol. The third-order valence-electron chi connectivity index (χ3n) is 3.07. The number of Topliss-reactive ketones (excluding diaryl/α,β-unsaturated/α-hetero) is 1. The Balaban J connectivity index is 2.75. The van der Waals surface area contributed by atoms with E-state index < -0.39 is 0 Å². The Labute approximate surface area is 116 Å². The first-order chi connectivity index (χ1) is 8.93. The number of ether oxygens (including phenoxy) is 1. The minimum atomic E-state index is 0.147. The maximum atomic E-state index is 12.3. The molecular weight excluding hydrogens is 238 g/mol. The van der Waals surface area contributed by atoms with Gasteiger partial charge in [0.1, 0.15) is 5.75 Å². The third-order valence-corrected chi connectivity index (χ3v) is 3.07. The summed E-state index contributed by atoms with van der Waals surface area (Å²) in [6, 6.07) is 7.73. The van der Waals surface area contributed by atoms with E-state index in [1.54, 1.807) is 13.2 Å². The highest BCUT2D eigenvalue weighted by Gasteiger charge is 2.16. The molecule has 0 radical (unpaired) electrons. The lowest BCUT2D eigenvalue weighted by molar-refractivity contribution is 0.0892. The minimum Gasteiger partial charge on any atom is -0.497 e. The predicted molar refractivity (Wildman–Crippen MR) is 78.9 cm³/mol. The fourth-order valence-corrected chi connectivity index (χ4v) is 2.00. The number of carbonyl (C=O) groups is 1. The van der Waals surface area contributed by atoms with Gasteiger partial charge in [-0.05, 0) is 31.9 Å². The maximum absolute atomic E-state index is 12.3. The summed E-state index contributed by atoms with van der Waals surface area (Å²) in [6.45, 7) is 10.00. The molecule has 0 spiro atoms. The number of nitrogens with zero attached hydrogens (tertiary/aromatic N) is 1. The lowest BCUT2D eigenvalue weighted by atomic mass is 10.1. The van der Waals surface area contributed by atoms with Gasteiger partial charge in [-0.2, -0.15) is 0 Å². The Morgan fingerprint density at radius 3 is 2.47 bits per heavy atom. The molecule has 1 aromatic rings. The lowest BCUT2D eigenvalue weighted by Crippen LogP contribution is -2.38. The van der Waals surface area contributed by atoms with Gasteiger partial charge in [0.15, 0.2) is 5.78 Å². The van der Waals surface area contributed by atoms with Gasteiger partial charge in [-0.15, -0.1) is 0 Å². The molecular formula is C16H25NO2. The molecule has 0 amide bonds. The molecule has 1 rings (SSSR count). The fourth-order valence-electron chi connectivity index (χ4n) is 2.00. The van der Waals surface area contributed by atoms with Crippen LogP contribution in [0.25, 0.3) is 0 Å². The quantitative estimate of drug-likeness (QED) is 0.707. The van der Waals surface area contributed by atoms with Crippen molar-refractivity contribution in [2.75, 3.05) is 20.2 Å². The van der Waals surface area contributed by atoms with Crippen LogP contribution in [-0.2, 0) is 0 Å². The molecule has 0 saturated heterocycles. The van der Waals surface area contributed by atoms with Crippen molar-refractivity contribution in [3.8, 4) is 5.75 Å². The molecule has 0 unspecified atom stereocenters. The summed E-state index contributed by atoms with van der Waals surface area (Å²) < 4.78 is 5.16. The van der Waals surface area contributed by atoms with Gasteiger partial charge in [0.25, 0.3) is 0 Å². The zero-order valence-corrected chi connectivity index (χ0v) is 12.6. The van der Waals surface area contributed by atoms with E-state index in [4.69, 9.17) is 4.74 Å². The van der Waals surface area contributed by atoms with Gasteiger partial charge in [0.05, 0.1) is 13.7 Å². The first-order valence-electron chi connectivity index (χ1n) is 6.85. The van der Waals surface area contributed by atoms with E-state index in [-0.39, 0.29) is 5.78 Å². The molecule has 0 aliphatic rings. The average Bonchev–Trinajstić information content (AvgIpc) is 2.37. The highest BCUT2D eigenvalue weighted by atomic mass is 16.5. The van der Waals surface area contributed by atoms with Crippen LogP contribution in [0.1, 0.15) is 38.1 Å². The molecule has 0 fully saturated rings. The Morgan fingerprint density at radius 2 is 1.95 bits per heavy atom. The highest BCUT2D eigenvalue weighted by molar-refractivity contribution is 5.97. The molecule has 106 valence electrons. The summed E-state index contributed by atoms with van der Waals surface area (Å²) in [5, 5.41) is 0. The Kier molecular flexibility index (Phi) is 6.03. The number of methoxy groups -OCH3 is 1. The molecule has 0 saturated carbocycles. The van der Waals surface area contributed by atoms with Crippen LogP contribution in [-0.4, -0.2) is 36.9 Å². The molecule has 0 bridgehead atoms. The van der Waals surface area contributed by atoms with E-state index >= 15 is 0 Å². The second kappa shape index (κ2) is 7.29. The van der Waals surface area contributed by atoms with Crippen molar-refractivity contribution < 1.29 is 9.53 Å². The van der Waals surface area contributed by atoms with Gasteiger partial charge >= 0.3 is 0 Å². The summed E-state index contributed by atoms with van der Waals surface area (Å²) in [5.74, 6) is 1.43. The second-order valence-electron chi connectivity index (χ2n) is 5.57. The molecule has 0 N–H and O–H groups in total. The van der Waals surface area contributed by atoms with Crippen LogP contribution in [0, 0.1) is 5.92 Å². The van der Waals surface area contributed by atoms with Crippen molar-refractivity contribution in [1.82, 2.24) is 4.90 Å². The topological polar surface area (TPSA) is 29.5 Å². The van der Waals surface area contributed by atoms with Crippen LogP contribution in [0.5, 0.6) is 5.75 Å². The second-order valence-corrected chi connectivity index (χ2v) is 5.57. The molecule has 3 nitrogen and oxygen atoms in total. The summed E-state index contributed by atoms with van der Waals surface area (Å²) in [7, 11) is 1.61. The van der Waals surface area contributed by atoms with E-state index in [9.17, 15) is 4.79 Å². The summed E-state index contributed by atoms with van der Waals surface area (Å²) in [4.78, 5) is 14.5. The predicted octanol–water partition coefficient (Wildman–Crippen LogP) is 3.24. The Hall–Kier alpha value is -1.35. The van der Waals surface area contributed by atoms with Crippen LogP contribution < -0.4 is 4.74 Å². The first kappa shape index (κ1) is 15.7. The largest absolute Gasteiger partial charge is 0.497 e. The van der Waals surface area contributed by atoms with Crippen LogP contribution in [0.2, 0.25) is 0 Å². The van der Waals surface area contributed by atoms with E-state index in [1.165, 1.54) is 0 Å². The molecule has 19 heavy (non-hydrogen) atoms. The van der Waals surface area contributed by atoms with E-state index in [0.29, 0.717) is 24.1 Å². The van der Waals surface area contributed by atoms with Crippen molar-refractivity contribution in [3.63, 3.8) is 0 Å². The zero-order valence-electron chi connectivity index (χ0n) is 12.6. The number of carbonyl (C=O) groups excluding carboxylic acids is 1. The van der Waals surface area contributed by atoms with E-state index in [0.717, 1.165) is 12.3 Å². The molecule has 0 heterocycles. The lowest BCUT2D eigenvalue weighted by Gasteiger charge is -2.27. The average molecular weight is 263 g/mol. The normalized spacial score (nSPS) is 11.4. The standard InChI is InChI=1S/C16H25NO2/c1-12(2)10-17(13(3)4)11-16(18)14-7-6-8-15(9-14)19-5/h6-9,12-13H,10-11H2,1-5H3. The van der Waals surface area contributed by atoms with Gasteiger partial charge < -0.3 is 4.74 Å². The molecule has 1 aromatic carbocycles. The number of benzene rings is 1. The molecule has 0 aliphatic carbocycles. The van der Waals surface area contributed by atoms with Crippen LogP contribution in [0.4, 0.5) is 0 Å². The summed E-state index contributed by atoms with van der Waals surface area (Å²) in [6.07, 6.45) is 0. The van der Waals surface area contributed by atoms with Crippen molar-refractivity contribution in [2.24, 2.45) is 5.92 Å². The van der Waals surface area contributed by atoms with Gasteiger partial charge in [0, 0.05) is 18.2 Å². The smallest absolute Gasteiger partial charge is 0.176 e. The minimum absolute atomic E-state index is 0.147. The maximum Gasteiger partial charge on any atom is 0.176 e. The summed E-state index contributed by atoms with van der Waals surface area (Å²) in [5.41, 5.74) is 0.716. The van der Waals surface area contributed by atoms with Crippen molar-refractivity contribution >= 4 is 5.78 Å². The van der Waals surface area contributed by atoms with Gasteiger partial charge in [-0.1, -0.05) is 26.0 Å². The zero-order chi connectivity index (χ0) is 14.4. The van der Waals surface area contributed by atoms with Gasteiger partial charge in [-0.3, -0.25) is 9.69 Å². The SMILES string of the molecule is COc1cccc(C(=O)CN(CC(C)C)C(C)C)c1. The summed E-state index contributed by atoms with van der Waals surface area (Å²) >= 11 is 0. The van der Waals surface area contributed by atoms with Crippen LogP contribution in [0.3, 0.4) is 0 Å². The highest BCUT2D eigenvalue weighted by Crippen LogP contribution is 2.14. The van der Waals surface area contributed by atoms with Gasteiger partial charge in [-0.25, -0.2) is 0 Å². The molecule has 0 atom stereocenters. The van der Waals surface area contributed by atoms with Crippen molar-refractivity contribution in [3.05, 3.63) is 29.8 Å². The van der Waals surface area contributed by atoms with E-state index in [1.807, 2.05) is 18.2 Å². The Morgan fingerprint density at radius 1 is 1.26 bits per heavy atom. The Bertz CT molecular complexity index is 413. The molecule has 3 heteroatoms. The number of hydrogen-bond acceptors (Lipinski definition) is 3.